The minimum atomic E-state index is -0.653. The van der Waals surface area contributed by atoms with Crippen LogP contribution in [0.1, 0.15) is 45.7 Å². The van der Waals surface area contributed by atoms with Gasteiger partial charge < -0.3 is 19.3 Å². The Labute approximate surface area is 246 Å². The van der Waals surface area contributed by atoms with Gasteiger partial charge in [-0.15, -0.1) is 0 Å². The summed E-state index contributed by atoms with van der Waals surface area (Å²) < 4.78 is 10.5. The Morgan fingerprint density at radius 1 is 0.683 bits per heavy atom. The van der Waals surface area contributed by atoms with E-state index in [0.717, 1.165) is 33.8 Å². The molecule has 9 heteroatoms. The second-order valence-corrected chi connectivity index (χ2v) is 10.1. The first-order valence-corrected chi connectivity index (χ1v) is 14.0. The summed E-state index contributed by atoms with van der Waals surface area (Å²) in [5, 5.41) is 0.629. The second kappa shape index (κ2) is 15.3. The lowest BCUT2D eigenvalue weighted by atomic mass is 10.1. The number of allylic oxidation sites excluding steroid dienone is 2. The van der Waals surface area contributed by atoms with Crippen molar-refractivity contribution in [1.29, 1.82) is 0 Å². The smallest absolute Gasteiger partial charge is 0.342 e. The number of nitrogens with zero attached hydrogens (tertiary/aromatic N) is 4. The zero-order valence-corrected chi connectivity index (χ0v) is 25.1. The molecule has 1 heterocycles. The number of hydrogen-bond donors (Lipinski definition) is 0. The summed E-state index contributed by atoms with van der Waals surface area (Å²) in [6.45, 7) is 3.71. The van der Waals surface area contributed by atoms with E-state index in [0.29, 0.717) is 10.0 Å². The molecule has 41 heavy (non-hydrogen) atoms. The molecule has 0 aliphatic heterocycles. The molecule has 0 radical (unpaired) electrons. The quantitative estimate of drug-likeness (QED) is 0.171. The summed E-state index contributed by atoms with van der Waals surface area (Å²) >= 11 is 1.12. The van der Waals surface area contributed by atoms with Gasteiger partial charge >= 0.3 is 11.9 Å². The summed E-state index contributed by atoms with van der Waals surface area (Å²) in [5.41, 5.74) is 4.30. The molecule has 3 rings (SSSR count). The third-order valence-corrected chi connectivity index (χ3v) is 6.79. The van der Waals surface area contributed by atoms with E-state index in [-0.39, 0.29) is 24.3 Å². The average Bonchev–Trinajstić information content (AvgIpc) is 3.32. The Morgan fingerprint density at radius 2 is 1.05 bits per heavy atom. The Bertz CT molecular complexity index is 1330. The molecule has 0 N–H and O–H groups in total. The molecule has 0 aliphatic carbocycles. The van der Waals surface area contributed by atoms with Crippen molar-refractivity contribution in [2.24, 2.45) is 9.98 Å². The third kappa shape index (κ3) is 8.74. The number of hydrogen-bond acceptors (Lipinski definition) is 9. The van der Waals surface area contributed by atoms with Crippen LogP contribution in [-0.4, -0.2) is 65.8 Å². The number of thiophene rings is 1. The van der Waals surface area contributed by atoms with Gasteiger partial charge in [0.2, 0.25) is 0 Å². The largest absolute Gasteiger partial charge is 0.462 e. The first kappa shape index (κ1) is 31.0. The van der Waals surface area contributed by atoms with Crippen molar-refractivity contribution in [3.05, 3.63) is 82.9 Å². The van der Waals surface area contributed by atoms with Gasteiger partial charge in [0.05, 0.1) is 13.2 Å². The highest BCUT2D eigenvalue weighted by atomic mass is 32.1. The van der Waals surface area contributed by atoms with E-state index < -0.39 is 11.9 Å². The molecule has 214 valence electrons. The summed E-state index contributed by atoms with van der Waals surface area (Å²) in [4.78, 5) is 38.9. The fourth-order valence-electron chi connectivity index (χ4n) is 3.67. The predicted octanol–water partition coefficient (Wildman–Crippen LogP) is 7.06. The molecule has 8 nitrogen and oxygen atoms in total. The minimum Gasteiger partial charge on any atom is -0.462 e. The van der Waals surface area contributed by atoms with Gasteiger partial charge in [-0.3, -0.25) is 0 Å². The van der Waals surface area contributed by atoms with E-state index in [4.69, 9.17) is 9.47 Å². The molecule has 0 atom stereocenters. The van der Waals surface area contributed by atoms with E-state index in [2.05, 4.69) is 9.98 Å². The SMILES string of the molecule is CCOC(=O)c1c(/N=C/C=C/c2ccc(N(C)C)cc2)sc(/N=C/C=C/c2ccc(N(C)C)cc2)c1C(=O)OCC. The van der Waals surface area contributed by atoms with Gasteiger partial charge in [0.25, 0.3) is 0 Å². The molecule has 0 spiro atoms. The van der Waals surface area contributed by atoms with Crippen molar-refractivity contribution in [1.82, 2.24) is 0 Å². The maximum atomic E-state index is 13.0. The van der Waals surface area contributed by atoms with Gasteiger partial charge in [-0.05, 0) is 61.4 Å². The lowest BCUT2D eigenvalue weighted by molar-refractivity contribution is 0.0481. The third-order valence-electron chi connectivity index (χ3n) is 5.78. The highest BCUT2D eigenvalue weighted by Crippen LogP contribution is 2.42. The Balaban J connectivity index is 1.92. The number of benzene rings is 2. The number of rotatable bonds is 12. The van der Waals surface area contributed by atoms with Crippen LogP contribution >= 0.6 is 11.3 Å². The Morgan fingerprint density at radius 3 is 1.37 bits per heavy atom. The van der Waals surface area contributed by atoms with Crippen LogP contribution in [0.4, 0.5) is 21.4 Å². The van der Waals surface area contributed by atoms with Gasteiger partial charge in [0.1, 0.15) is 21.1 Å². The van der Waals surface area contributed by atoms with Crippen LogP contribution in [0.5, 0.6) is 0 Å². The number of carbonyl (C=O) groups is 2. The molecule has 3 aromatic rings. The Kier molecular flexibility index (Phi) is 11.6. The number of carbonyl (C=O) groups excluding carboxylic acids is 2. The van der Waals surface area contributed by atoms with Crippen LogP contribution in [0.2, 0.25) is 0 Å². The highest BCUT2D eigenvalue weighted by Gasteiger charge is 2.30. The van der Waals surface area contributed by atoms with Crippen LogP contribution in [0.25, 0.3) is 12.2 Å². The van der Waals surface area contributed by atoms with Crippen molar-refractivity contribution in [2.45, 2.75) is 13.8 Å². The summed E-state index contributed by atoms with van der Waals surface area (Å²) in [6.07, 6.45) is 10.5. The molecular weight excluding hydrogens is 536 g/mol. The fraction of sp³-hybridized carbons (Fsp3) is 0.250. The van der Waals surface area contributed by atoms with Crippen LogP contribution in [0.3, 0.4) is 0 Å². The van der Waals surface area contributed by atoms with Gasteiger partial charge in [0, 0.05) is 52.0 Å². The molecule has 0 fully saturated rings. The van der Waals surface area contributed by atoms with Crippen molar-refractivity contribution in [2.75, 3.05) is 51.2 Å². The summed E-state index contributed by atoms with van der Waals surface area (Å²) in [6, 6.07) is 16.1. The molecule has 0 saturated heterocycles. The minimum absolute atomic E-state index is 0.0469. The van der Waals surface area contributed by atoms with Crippen molar-refractivity contribution in [3.63, 3.8) is 0 Å². The standard InChI is InChI=1S/C32H36N4O4S/c1-7-39-31(37)27-28(32(38)40-8-2)30(34-22-10-12-24-15-19-26(20-16-24)36(5)6)41-29(27)33-21-9-11-23-13-17-25(18-14-23)35(3)4/h9-22H,7-8H2,1-6H3/b11-9+,12-10+,33-21+,34-22+. The summed E-state index contributed by atoms with van der Waals surface area (Å²) in [5.74, 6) is -1.31. The van der Waals surface area contributed by atoms with E-state index >= 15 is 0 Å². The van der Waals surface area contributed by atoms with Crippen LogP contribution < -0.4 is 9.80 Å². The van der Waals surface area contributed by atoms with Gasteiger partial charge in [0.15, 0.2) is 0 Å². The second-order valence-electron chi connectivity index (χ2n) is 9.15. The number of anilines is 2. The number of esters is 2. The lowest BCUT2D eigenvalue weighted by Crippen LogP contribution is -2.12. The van der Waals surface area contributed by atoms with E-state index in [1.807, 2.05) is 98.7 Å². The van der Waals surface area contributed by atoms with Gasteiger partial charge in [-0.1, -0.05) is 47.8 Å². The monoisotopic (exact) mass is 572 g/mol. The maximum Gasteiger partial charge on any atom is 0.342 e. The fourth-order valence-corrected chi connectivity index (χ4v) is 4.66. The number of ether oxygens (including phenoxy) is 2. The highest BCUT2D eigenvalue weighted by molar-refractivity contribution is 7.20. The lowest BCUT2D eigenvalue weighted by Gasteiger charge is -2.11. The molecule has 1 aromatic heterocycles. The zero-order valence-electron chi connectivity index (χ0n) is 24.3. The average molecular weight is 573 g/mol. The van der Waals surface area contributed by atoms with Crippen molar-refractivity contribution >= 4 is 69.2 Å². The molecule has 0 amide bonds. The topological polar surface area (TPSA) is 83.8 Å². The molecule has 0 aliphatic rings. The maximum absolute atomic E-state index is 13.0. The molecular formula is C32H36N4O4S. The van der Waals surface area contributed by atoms with Gasteiger partial charge in [-0.25, -0.2) is 19.6 Å². The van der Waals surface area contributed by atoms with Gasteiger partial charge in [-0.2, -0.15) is 0 Å². The van der Waals surface area contributed by atoms with E-state index in [1.165, 1.54) is 0 Å². The van der Waals surface area contributed by atoms with E-state index in [1.54, 1.807) is 38.4 Å². The normalized spacial score (nSPS) is 11.7. The molecule has 0 unspecified atom stereocenters. The molecule has 0 saturated carbocycles. The first-order valence-electron chi connectivity index (χ1n) is 13.2. The predicted molar refractivity (Wildman–Crippen MR) is 172 cm³/mol. The number of aliphatic imine (C=N–C) groups is 2. The van der Waals surface area contributed by atoms with Crippen molar-refractivity contribution < 1.29 is 19.1 Å². The van der Waals surface area contributed by atoms with Crippen LogP contribution in [-0.2, 0) is 9.47 Å². The van der Waals surface area contributed by atoms with E-state index in [9.17, 15) is 9.59 Å². The first-order chi connectivity index (χ1) is 19.7. The van der Waals surface area contributed by atoms with Crippen LogP contribution in [0, 0.1) is 0 Å². The van der Waals surface area contributed by atoms with Crippen molar-refractivity contribution in [3.8, 4) is 0 Å². The van der Waals surface area contributed by atoms with Crippen LogP contribution in [0.15, 0.2) is 70.7 Å². The molecule has 0 bridgehead atoms. The summed E-state index contributed by atoms with van der Waals surface area (Å²) in [7, 11) is 7.96. The molecule has 2 aromatic carbocycles. The zero-order chi connectivity index (χ0) is 29.8. The Hall–Kier alpha value is -4.50.